The Bertz CT molecular complexity index is 2690. The van der Waals surface area contributed by atoms with Crippen LogP contribution in [0.1, 0.15) is 0 Å². The Morgan fingerprint density at radius 2 is 0.643 bits per heavy atom. The number of benzene rings is 6. The molecule has 10 aromatic rings. The Balaban J connectivity index is 1.44. The van der Waals surface area contributed by atoms with Gasteiger partial charge in [-0.15, -0.1) is 0 Å². The molecule has 0 amide bonds. The summed E-state index contributed by atoms with van der Waals surface area (Å²) in [6, 6.07) is 41.1. The minimum Gasteiger partial charge on any atom is -0.275 e. The number of rotatable bonds is 1. The summed E-state index contributed by atoms with van der Waals surface area (Å²) in [4.78, 5) is 27.5. The van der Waals surface area contributed by atoms with E-state index in [0.29, 0.717) is 10.8 Å². The van der Waals surface area contributed by atoms with Crippen LogP contribution < -0.4 is 11.1 Å². The maximum absolute atomic E-state index is 13.8. The van der Waals surface area contributed by atoms with Crippen LogP contribution in [0.15, 0.2) is 131 Å². The Hall–Kier alpha value is -5.74. The number of pyridine rings is 2. The minimum absolute atomic E-state index is 0.0111. The Morgan fingerprint density at radius 3 is 1.05 bits per heavy atom. The minimum atomic E-state index is 0.0111. The van der Waals surface area contributed by atoms with Gasteiger partial charge in [0.2, 0.25) is 0 Å². The van der Waals surface area contributed by atoms with E-state index in [4.69, 9.17) is 0 Å². The van der Waals surface area contributed by atoms with Crippen molar-refractivity contribution in [2.24, 2.45) is 0 Å². The molecule has 4 heterocycles. The molecule has 0 bridgehead atoms. The molecule has 0 aliphatic heterocycles. The number of hydrogen-bond donors (Lipinski definition) is 0. The molecule has 0 radical (unpaired) electrons. The van der Waals surface area contributed by atoms with Crippen molar-refractivity contribution in [2.45, 2.75) is 0 Å². The van der Waals surface area contributed by atoms with Crippen molar-refractivity contribution < 1.29 is 0 Å². The lowest BCUT2D eigenvalue weighted by molar-refractivity contribution is 1.21. The average Bonchev–Trinajstić information content (AvgIpc) is 3.56. The van der Waals surface area contributed by atoms with Crippen LogP contribution >= 0.6 is 0 Å². The Morgan fingerprint density at radius 1 is 0.333 bits per heavy atom. The predicted molar refractivity (Wildman–Crippen MR) is 174 cm³/mol. The fraction of sp³-hybridized carbons (Fsp3) is 0. The van der Waals surface area contributed by atoms with Gasteiger partial charge in [-0.25, -0.2) is 0 Å². The fourth-order valence-corrected chi connectivity index (χ4v) is 7.41. The van der Waals surface area contributed by atoms with Crippen molar-refractivity contribution in [1.82, 2.24) is 8.80 Å². The van der Waals surface area contributed by atoms with Gasteiger partial charge in [0, 0.05) is 43.1 Å². The van der Waals surface area contributed by atoms with Gasteiger partial charge in [-0.05, 0) is 70.4 Å². The van der Waals surface area contributed by atoms with E-state index in [1.54, 1.807) is 0 Å². The first-order valence-corrected chi connectivity index (χ1v) is 14.1. The van der Waals surface area contributed by atoms with Crippen molar-refractivity contribution in [3.05, 3.63) is 142 Å². The molecule has 0 aliphatic rings. The number of nitrogens with zero attached hydrogens (tertiary/aromatic N) is 2. The molecule has 6 aromatic carbocycles. The molecule has 0 aliphatic carbocycles. The smallest absolute Gasteiger partial charge is 0.263 e. The molecule has 0 N–H and O–H groups in total. The SMILES string of the molecule is O=c1c2ccccc2c2cc(-c3cc4c5ccccc5c(=O)n5c6ccccc6c(c3)c45)cc3c4ccccc4n1c23. The zero-order valence-electron chi connectivity index (χ0n) is 22.3. The Labute approximate surface area is 237 Å². The van der Waals surface area contributed by atoms with Gasteiger partial charge in [-0.2, -0.15) is 0 Å². The van der Waals surface area contributed by atoms with E-state index < -0.39 is 0 Å². The number of aromatic nitrogens is 2. The van der Waals surface area contributed by atoms with Crippen LogP contribution in [0.2, 0.25) is 0 Å². The van der Waals surface area contributed by atoms with Gasteiger partial charge in [0.05, 0.1) is 22.1 Å². The third-order valence-corrected chi connectivity index (χ3v) is 9.17. The maximum Gasteiger partial charge on any atom is 0.263 e. The van der Waals surface area contributed by atoms with E-state index in [2.05, 4.69) is 48.5 Å². The molecule has 0 saturated heterocycles. The summed E-state index contributed by atoms with van der Waals surface area (Å²) in [5, 5.41) is 9.70. The van der Waals surface area contributed by atoms with Crippen molar-refractivity contribution >= 4 is 75.9 Å². The van der Waals surface area contributed by atoms with E-state index in [-0.39, 0.29) is 11.1 Å². The van der Waals surface area contributed by atoms with Crippen molar-refractivity contribution in [3.63, 3.8) is 0 Å². The lowest BCUT2D eigenvalue weighted by atomic mass is 9.94. The van der Waals surface area contributed by atoms with Crippen molar-refractivity contribution in [1.29, 1.82) is 0 Å². The summed E-state index contributed by atoms with van der Waals surface area (Å²) in [7, 11) is 0. The van der Waals surface area contributed by atoms with Crippen LogP contribution in [0.3, 0.4) is 0 Å². The molecular weight excluding hydrogens is 516 g/mol. The van der Waals surface area contributed by atoms with E-state index in [0.717, 1.165) is 76.3 Å². The van der Waals surface area contributed by atoms with Gasteiger partial charge < -0.3 is 0 Å². The Kier molecular flexibility index (Phi) is 3.93. The maximum atomic E-state index is 13.8. The lowest BCUT2D eigenvalue weighted by Gasteiger charge is -2.12. The molecule has 0 spiro atoms. The third-order valence-electron chi connectivity index (χ3n) is 9.17. The largest absolute Gasteiger partial charge is 0.275 e. The van der Waals surface area contributed by atoms with Gasteiger partial charge in [0.25, 0.3) is 11.1 Å². The van der Waals surface area contributed by atoms with Crippen LogP contribution in [-0.4, -0.2) is 8.80 Å². The molecule has 194 valence electrons. The van der Waals surface area contributed by atoms with E-state index in [1.807, 2.05) is 81.6 Å². The summed E-state index contributed by atoms with van der Waals surface area (Å²) in [5.74, 6) is 0. The van der Waals surface area contributed by atoms with Crippen LogP contribution in [0.25, 0.3) is 87.1 Å². The summed E-state index contributed by atoms with van der Waals surface area (Å²) < 4.78 is 3.77. The zero-order valence-corrected chi connectivity index (χ0v) is 22.3. The molecule has 0 unspecified atom stereocenters. The molecule has 10 rings (SSSR count). The van der Waals surface area contributed by atoms with Gasteiger partial charge in [-0.1, -0.05) is 72.8 Å². The van der Waals surface area contributed by atoms with E-state index in [9.17, 15) is 9.59 Å². The normalized spacial score (nSPS) is 12.5. The van der Waals surface area contributed by atoms with E-state index >= 15 is 0 Å². The summed E-state index contributed by atoms with van der Waals surface area (Å²) >= 11 is 0. The summed E-state index contributed by atoms with van der Waals surface area (Å²) in [6.07, 6.45) is 0. The van der Waals surface area contributed by atoms with E-state index in [1.165, 1.54) is 0 Å². The average molecular weight is 537 g/mol. The summed E-state index contributed by atoms with van der Waals surface area (Å²) in [5.41, 5.74) is 5.94. The first-order valence-electron chi connectivity index (χ1n) is 14.1. The molecule has 0 fully saturated rings. The van der Waals surface area contributed by atoms with Crippen LogP contribution in [0.5, 0.6) is 0 Å². The molecule has 0 saturated carbocycles. The van der Waals surface area contributed by atoms with Gasteiger partial charge in [-0.3, -0.25) is 18.4 Å². The predicted octanol–water partition coefficient (Wildman–Crippen LogP) is 8.37. The topological polar surface area (TPSA) is 43.0 Å². The standard InChI is InChI=1S/C38H20N2O2/c41-37-27-13-3-1-9-23(27)29-17-21(19-31-25-11-5-7-15-33(25)39(37)35(29)31)22-18-30-24-10-2-4-14-28(24)38(42)40-34-16-8-6-12-26(34)32(20-22)36(30)40/h1-20H. The first kappa shape index (κ1) is 22.0. The quantitative estimate of drug-likeness (QED) is 0.198. The fourth-order valence-electron chi connectivity index (χ4n) is 7.41. The monoisotopic (exact) mass is 536 g/mol. The van der Waals surface area contributed by atoms with Crippen molar-refractivity contribution in [3.8, 4) is 11.1 Å². The van der Waals surface area contributed by atoms with Crippen LogP contribution in [0, 0.1) is 0 Å². The third kappa shape index (κ3) is 2.54. The molecule has 4 aromatic heterocycles. The molecule has 4 nitrogen and oxygen atoms in total. The van der Waals surface area contributed by atoms with Crippen LogP contribution in [0.4, 0.5) is 0 Å². The first-order chi connectivity index (χ1) is 20.7. The second kappa shape index (κ2) is 7.50. The van der Waals surface area contributed by atoms with Crippen LogP contribution in [-0.2, 0) is 0 Å². The lowest BCUT2D eigenvalue weighted by Crippen LogP contribution is -2.13. The number of para-hydroxylation sites is 2. The second-order valence-electron chi connectivity index (χ2n) is 11.2. The molecule has 0 atom stereocenters. The number of hydrogen-bond acceptors (Lipinski definition) is 2. The van der Waals surface area contributed by atoms with Gasteiger partial charge in [0.15, 0.2) is 0 Å². The molecular formula is C38H20N2O2. The highest BCUT2D eigenvalue weighted by atomic mass is 16.1. The van der Waals surface area contributed by atoms with Gasteiger partial charge >= 0.3 is 0 Å². The molecule has 4 heteroatoms. The number of fused-ring (bicyclic) bond motifs is 10. The zero-order chi connectivity index (χ0) is 27.7. The summed E-state index contributed by atoms with van der Waals surface area (Å²) in [6.45, 7) is 0. The highest BCUT2D eigenvalue weighted by molar-refractivity contribution is 6.24. The second-order valence-corrected chi connectivity index (χ2v) is 11.2. The highest BCUT2D eigenvalue weighted by Crippen LogP contribution is 2.41. The van der Waals surface area contributed by atoms with Crippen molar-refractivity contribution in [2.75, 3.05) is 0 Å². The molecule has 42 heavy (non-hydrogen) atoms. The van der Waals surface area contributed by atoms with Gasteiger partial charge in [0.1, 0.15) is 0 Å². The highest BCUT2D eigenvalue weighted by Gasteiger charge is 2.21.